The highest BCUT2D eigenvalue weighted by molar-refractivity contribution is 5.85. The van der Waals surface area contributed by atoms with E-state index < -0.39 is 0 Å². The van der Waals surface area contributed by atoms with Crippen LogP contribution in [0.1, 0.15) is 18.0 Å². The zero-order chi connectivity index (χ0) is 9.84. The molecule has 5 heteroatoms. The number of rotatable bonds is 3. The first kappa shape index (κ1) is 13.0. The number of benzene rings is 1. The molecular weight excluding hydrogens is 204 g/mol. The molecule has 0 spiro atoms. The minimum absolute atomic E-state index is 0. The molecule has 1 atom stereocenters. The first-order chi connectivity index (χ1) is 6.16. The second kappa shape index (κ2) is 5.70. The van der Waals surface area contributed by atoms with Gasteiger partial charge in [0.1, 0.15) is 0 Å². The van der Waals surface area contributed by atoms with Gasteiger partial charge in [0.15, 0.2) is 11.5 Å². The summed E-state index contributed by atoms with van der Waals surface area (Å²) in [5.41, 5.74) is 11.6. The Morgan fingerprint density at radius 2 is 1.93 bits per heavy atom. The Morgan fingerprint density at radius 1 is 1.29 bits per heavy atom. The van der Waals surface area contributed by atoms with E-state index in [-0.39, 0.29) is 29.9 Å². The third-order valence-corrected chi connectivity index (χ3v) is 1.92. The van der Waals surface area contributed by atoms with Crippen LogP contribution in [0.2, 0.25) is 0 Å². The van der Waals surface area contributed by atoms with Crippen molar-refractivity contribution in [1.82, 2.24) is 0 Å². The van der Waals surface area contributed by atoms with Gasteiger partial charge in [-0.3, -0.25) is 0 Å². The summed E-state index contributed by atoms with van der Waals surface area (Å²) >= 11 is 0. The quantitative estimate of drug-likeness (QED) is 0.567. The van der Waals surface area contributed by atoms with Crippen molar-refractivity contribution in [2.45, 2.75) is 12.5 Å². The van der Waals surface area contributed by atoms with Crippen molar-refractivity contribution < 1.29 is 10.2 Å². The van der Waals surface area contributed by atoms with Crippen LogP contribution in [0, 0.1) is 0 Å². The number of nitrogens with two attached hydrogens (primary N) is 2. The average Bonchev–Trinajstić information content (AvgIpc) is 2.10. The van der Waals surface area contributed by atoms with E-state index in [0.717, 1.165) is 0 Å². The summed E-state index contributed by atoms with van der Waals surface area (Å²) in [6.07, 6.45) is 0.580. The SMILES string of the molecule is Cl.NCC[C@H](N)c1cccc(O)c1O. The lowest BCUT2D eigenvalue weighted by atomic mass is 10.0. The number of para-hydroxylation sites is 1. The third-order valence-electron chi connectivity index (χ3n) is 1.92. The molecule has 0 aromatic heterocycles. The molecule has 0 amide bonds. The van der Waals surface area contributed by atoms with E-state index in [9.17, 15) is 10.2 Å². The highest BCUT2D eigenvalue weighted by Gasteiger charge is 2.12. The summed E-state index contributed by atoms with van der Waals surface area (Å²) in [6.45, 7) is 0.455. The zero-order valence-corrected chi connectivity index (χ0v) is 8.50. The van der Waals surface area contributed by atoms with Crippen LogP contribution in [0.5, 0.6) is 11.5 Å². The van der Waals surface area contributed by atoms with Crippen LogP contribution in [0.25, 0.3) is 0 Å². The molecule has 0 heterocycles. The normalized spacial score (nSPS) is 11.9. The van der Waals surface area contributed by atoms with Crippen LogP contribution in [0.3, 0.4) is 0 Å². The summed E-state index contributed by atoms with van der Waals surface area (Å²) in [7, 11) is 0. The molecule has 1 aromatic carbocycles. The number of aromatic hydroxyl groups is 2. The van der Waals surface area contributed by atoms with Gasteiger partial charge in [-0.25, -0.2) is 0 Å². The fourth-order valence-corrected chi connectivity index (χ4v) is 1.18. The molecule has 14 heavy (non-hydrogen) atoms. The lowest BCUT2D eigenvalue weighted by Crippen LogP contribution is -2.15. The second-order valence-electron chi connectivity index (χ2n) is 2.90. The van der Waals surface area contributed by atoms with Gasteiger partial charge in [-0.2, -0.15) is 0 Å². The fourth-order valence-electron chi connectivity index (χ4n) is 1.18. The Hall–Kier alpha value is -0.970. The van der Waals surface area contributed by atoms with Gasteiger partial charge in [0.25, 0.3) is 0 Å². The van der Waals surface area contributed by atoms with Crippen molar-refractivity contribution in [3.63, 3.8) is 0 Å². The third kappa shape index (κ3) is 2.77. The van der Waals surface area contributed by atoms with Crippen LogP contribution in [0.4, 0.5) is 0 Å². The highest BCUT2D eigenvalue weighted by atomic mass is 35.5. The standard InChI is InChI=1S/C9H14N2O2.ClH/c10-5-4-7(11)6-2-1-3-8(12)9(6)13;/h1-3,7,12-13H,4-5,10-11H2;1H/t7-;/m0./s1. The van der Waals surface area contributed by atoms with Crippen LogP contribution >= 0.6 is 12.4 Å². The second-order valence-corrected chi connectivity index (χ2v) is 2.90. The van der Waals surface area contributed by atoms with Gasteiger partial charge in [0, 0.05) is 11.6 Å². The lowest BCUT2D eigenvalue weighted by Gasteiger charge is -2.12. The van der Waals surface area contributed by atoms with Gasteiger partial charge in [0.05, 0.1) is 0 Å². The maximum absolute atomic E-state index is 9.42. The van der Waals surface area contributed by atoms with Crippen LogP contribution in [-0.4, -0.2) is 16.8 Å². The summed E-state index contributed by atoms with van der Waals surface area (Å²) < 4.78 is 0. The number of hydrogen-bond acceptors (Lipinski definition) is 4. The zero-order valence-electron chi connectivity index (χ0n) is 7.68. The molecule has 0 aliphatic rings. The van der Waals surface area contributed by atoms with Gasteiger partial charge in [-0.05, 0) is 19.0 Å². The van der Waals surface area contributed by atoms with Gasteiger partial charge < -0.3 is 21.7 Å². The molecule has 80 valence electrons. The number of phenolic OH excluding ortho intramolecular Hbond substituents is 2. The smallest absolute Gasteiger partial charge is 0.162 e. The van der Waals surface area contributed by atoms with Crippen molar-refractivity contribution in [1.29, 1.82) is 0 Å². The molecule has 0 saturated carbocycles. The van der Waals surface area contributed by atoms with E-state index >= 15 is 0 Å². The van der Waals surface area contributed by atoms with E-state index in [1.165, 1.54) is 6.07 Å². The molecule has 0 saturated heterocycles. The van der Waals surface area contributed by atoms with E-state index in [0.29, 0.717) is 18.5 Å². The van der Waals surface area contributed by atoms with E-state index in [1.54, 1.807) is 12.1 Å². The predicted octanol–water partition coefficient (Wildman–Crippen LogP) is 0.868. The molecule has 4 nitrogen and oxygen atoms in total. The molecule has 0 fully saturated rings. The number of phenols is 2. The van der Waals surface area contributed by atoms with Crippen molar-refractivity contribution in [3.8, 4) is 11.5 Å². The molecule has 1 rings (SSSR count). The average molecular weight is 219 g/mol. The predicted molar refractivity (Wildman–Crippen MR) is 57.6 cm³/mol. The van der Waals surface area contributed by atoms with E-state index in [1.807, 2.05) is 0 Å². The molecule has 0 radical (unpaired) electrons. The van der Waals surface area contributed by atoms with Crippen molar-refractivity contribution in [2.75, 3.05) is 6.54 Å². The molecule has 0 aliphatic carbocycles. The number of halogens is 1. The van der Waals surface area contributed by atoms with Crippen LogP contribution in [-0.2, 0) is 0 Å². The largest absolute Gasteiger partial charge is 0.504 e. The van der Waals surface area contributed by atoms with E-state index in [4.69, 9.17) is 11.5 Å². The van der Waals surface area contributed by atoms with E-state index in [2.05, 4.69) is 0 Å². The minimum Gasteiger partial charge on any atom is -0.504 e. The van der Waals surface area contributed by atoms with Gasteiger partial charge in [0.2, 0.25) is 0 Å². The van der Waals surface area contributed by atoms with Crippen LogP contribution < -0.4 is 11.5 Å². The van der Waals surface area contributed by atoms with Gasteiger partial charge in [-0.1, -0.05) is 12.1 Å². The lowest BCUT2D eigenvalue weighted by molar-refractivity contribution is 0.395. The topological polar surface area (TPSA) is 92.5 Å². The summed E-state index contributed by atoms with van der Waals surface area (Å²) in [6, 6.07) is 4.40. The maximum atomic E-state index is 9.42. The summed E-state index contributed by atoms with van der Waals surface area (Å²) in [5, 5.41) is 18.6. The Labute approximate surface area is 88.9 Å². The molecule has 0 aliphatic heterocycles. The monoisotopic (exact) mass is 218 g/mol. The Morgan fingerprint density at radius 3 is 2.50 bits per heavy atom. The van der Waals surface area contributed by atoms with Crippen molar-refractivity contribution in [2.24, 2.45) is 11.5 Å². The van der Waals surface area contributed by atoms with Crippen molar-refractivity contribution >= 4 is 12.4 Å². The summed E-state index contributed by atoms with van der Waals surface area (Å²) in [5.74, 6) is -0.298. The molecule has 1 aromatic rings. The highest BCUT2D eigenvalue weighted by Crippen LogP contribution is 2.32. The number of hydrogen-bond donors (Lipinski definition) is 4. The first-order valence-corrected chi connectivity index (χ1v) is 4.13. The minimum atomic E-state index is -0.322. The van der Waals surface area contributed by atoms with Crippen molar-refractivity contribution in [3.05, 3.63) is 23.8 Å². The first-order valence-electron chi connectivity index (χ1n) is 4.13. The van der Waals surface area contributed by atoms with Gasteiger partial charge in [-0.15, -0.1) is 12.4 Å². The molecule has 0 unspecified atom stereocenters. The van der Waals surface area contributed by atoms with Gasteiger partial charge >= 0.3 is 0 Å². The molecule has 0 bridgehead atoms. The summed E-state index contributed by atoms with van der Waals surface area (Å²) in [4.78, 5) is 0. The van der Waals surface area contributed by atoms with Crippen LogP contribution in [0.15, 0.2) is 18.2 Å². The molecular formula is C9H15ClN2O2. The maximum Gasteiger partial charge on any atom is 0.162 e. The Balaban J connectivity index is 0.00000169. The molecule has 6 N–H and O–H groups in total. The Kier molecular flexibility index (Phi) is 5.30. The fraction of sp³-hybridized carbons (Fsp3) is 0.333. The Bertz CT molecular complexity index is 294.